The Hall–Kier alpha value is -0.940. The Morgan fingerprint density at radius 3 is 2.85 bits per heavy atom. The van der Waals surface area contributed by atoms with Crippen molar-refractivity contribution < 1.29 is 0 Å². The summed E-state index contributed by atoms with van der Waals surface area (Å²) in [5.74, 6) is 0.808. The lowest BCUT2D eigenvalue weighted by Gasteiger charge is -2.31. The third-order valence-electron chi connectivity index (χ3n) is 6.29. The van der Waals surface area contributed by atoms with E-state index in [9.17, 15) is 0 Å². The Kier molecular flexibility index (Phi) is 2.58. The molecule has 0 spiro atoms. The molecule has 3 aliphatic rings. The molecule has 0 amide bonds. The molecule has 0 aromatic carbocycles. The largest absolute Gasteiger partial charge is 0.323 e. The summed E-state index contributed by atoms with van der Waals surface area (Å²) < 4.78 is 2.08. The van der Waals surface area contributed by atoms with Gasteiger partial charge in [-0.05, 0) is 65.0 Å². The Balaban J connectivity index is 1.63. The van der Waals surface area contributed by atoms with Crippen molar-refractivity contribution in [1.29, 1.82) is 0 Å². The monoisotopic (exact) mass is 275 g/mol. The summed E-state index contributed by atoms with van der Waals surface area (Å²) in [5.41, 5.74) is 7.74. The summed E-state index contributed by atoms with van der Waals surface area (Å²) in [6, 6.07) is 0.359. The van der Waals surface area contributed by atoms with Gasteiger partial charge in [-0.15, -0.1) is 5.10 Å². The highest BCUT2D eigenvalue weighted by Gasteiger charge is 2.51. The summed E-state index contributed by atoms with van der Waals surface area (Å²) in [4.78, 5) is 2.40. The second kappa shape index (κ2) is 4.04. The van der Waals surface area contributed by atoms with E-state index in [1.807, 2.05) is 0 Å². The number of hydrogen-bond donors (Lipinski definition) is 1. The highest BCUT2D eigenvalue weighted by molar-refractivity contribution is 5.15. The van der Waals surface area contributed by atoms with Crippen molar-refractivity contribution in [1.82, 2.24) is 19.9 Å². The van der Waals surface area contributed by atoms with Crippen LogP contribution in [0.3, 0.4) is 0 Å². The molecule has 0 unspecified atom stereocenters. The summed E-state index contributed by atoms with van der Waals surface area (Å²) >= 11 is 0. The molecule has 20 heavy (non-hydrogen) atoms. The van der Waals surface area contributed by atoms with Gasteiger partial charge in [-0.1, -0.05) is 5.21 Å². The first-order valence-corrected chi connectivity index (χ1v) is 7.94. The van der Waals surface area contributed by atoms with E-state index in [1.165, 1.54) is 32.1 Å². The minimum absolute atomic E-state index is 0.0296. The normalized spacial score (nSPS) is 44.5. The lowest BCUT2D eigenvalue weighted by atomic mass is 9.89. The molecule has 1 saturated heterocycles. The third-order valence-corrected chi connectivity index (χ3v) is 6.29. The van der Waals surface area contributed by atoms with Gasteiger partial charge in [-0.3, -0.25) is 4.90 Å². The Morgan fingerprint density at radius 2 is 2.25 bits per heavy atom. The summed E-state index contributed by atoms with van der Waals surface area (Å²) in [6.07, 6.45) is 9.39. The predicted molar refractivity (Wildman–Crippen MR) is 77.2 cm³/mol. The van der Waals surface area contributed by atoms with Crippen molar-refractivity contribution in [3.05, 3.63) is 11.9 Å². The van der Waals surface area contributed by atoms with Gasteiger partial charge in [0.25, 0.3) is 0 Å². The molecule has 110 valence electrons. The topological polar surface area (TPSA) is 60.0 Å². The summed E-state index contributed by atoms with van der Waals surface area (Å²) in [6.45, 7) is 3.43. The number of rotatable bonds is 2. The molecule has 2 N–H and O–H groups in total. The van der Waals surface area contributed by atoms with Gasteiger partial charge < -0.3 is 5.73 Å². The zero-order valence-corrected chi connectivity index (χ0v) is 12.5. The van der Waals surface area contributed by atoms with Gasteiger partial charge in [0.05, 0.1) is 17.8 Å². The van der Waals surface area contributed by atoms with Crippen LogP contribution in [0, 0.1) is 5.92 Å². The van der Waals surface area contributed by atoms with Crippen LogP contribution in [0.5, 0.6) is 0 Å². The zero-order valence-electron chi connectivity index (χ0n) is 12.5. The molecule has 0 radical (unpaired) electrons. The van der Waals surface area contributed by atoms with Crippen molar-refractivity contribution in [2.75, 3.05) is 13.6 Å². The standard InChI is InChI=1S/C15H25N5/c1-14(5-3-7-19(14)2)12-10-20(18-17-12)13-8-11-4-6-15(13,16)9-11/h10-11,13H,3-9,16H2,1-2H3/t11-,13+,14+,15+/m0/s1. The first kappa shape index (κ1) is 12.8. The molecule has 1 aliphatic heterocycles. The number of likely N-dealkylation sites (tertiary alicyclic amines) is 1. The number of fused-ring (bicyclic) bond motifs is 2. The molecule has 3 fully saturated rings. The molecule has 5 nitrogen and oxygen atoms in total. The van der Waals surface area contributed by atoms with Gasteiger partial charge >= 0.3 is 0 Å². The SMILES string of the molecule is CN1CCC[C@]1(C)c1cn([C@@H]2C[C@@H]3CC[C@@]2(N)C3)nn1. The average molecular weight is 275 g/mol. The van der Waals surface area contributed by atoms with Crippen LogP contribution in [-0.2, 0) is 5.54 Å². The Bertz CT molecular complexity index is 526. The van der Waals surface area contributed by atoms with Crippen LogP contribution in [0.2, 0.25) is 0 Å². The summed E-state index contributed by atoms with van der Waals surface area (Å²) in [7, 11) is 2.19. The number of nitrogens with zero attached hydrogens (tertiary/aromatic N) is 4. The van der Waals surface area contributed by atoms with Crippen LogP contribution < -0.4 is 5.73 Å². The van der Waals surface area contributed by atoms with Crippen LogP contribution in [0.15, 0.2) is 6.20 Å². The molecular formula is C15H25N5. The van der Waals surface area contributed by atoms with Gasteiger partial charge in [0, 0.05) is 5.54 Å². The molecule has 1 aromatic rings. The van der Waals surface area contributed by atoms with Crippen LogP contribution in [0.1, 0.15) is 57.2 Å². The first-order chi connectivity index (χ1) is 9.51. The quantitative estimate of drug-likeness (QED) is 0.892. The molecule has 2 saturated carbocycles. The highest BCUT2D eigenvalue weighted by atomic mass is 15.5. The number of nitrogens with two attached hydrogens (primary N) is 1. The van der Waals surface area contributed by atoms with Crippen molar-refractivity contribution in [3.63, 3.8) is 0 Å². The van der Waals surface area contributed by atoms with Crippen molar-refractivity contribution in [2.24, 2.45) is 11.7 Å². The predicted octanol–water partition coefficient (Wildman–Crippen LogP) is 1.66. The molecule has 5 heteroatoms. The lowest BCUT2D eigenvalue weighted by molar-refractivity contribution is 0.191. The zero-order chi connectivity index (χ0) is 14.0. The minimum atomic E-state index is -0.0296. The Morgan fingerprint density at radius 1 is 1.40 bits per heavy atom. The van der Waals surface area contributed by atoms with E-state index in [0.717, 1.165) is 24.6 Å². The number of aromatic nitrogens is 3. The molecule has 4 rings (SSSR count). The van der Waals surface area contributed by atoms with Crippen LogP contribution in [0.4, 0.5) is 0 Å². The molecule has 1 aromatic heterocycles. The first-order valence-electron chi connectivity index (χ1n) is 7.94. The Labute approximate surface area is 120 Å². The van der Waals surface area contributed by atoms with Crippen molar-refractivity contribution >= 4 is 0 Å². The molecule has 4 atom stereocenters. The van der Waals surface area contributed by atoms with Crippen molar-refractivity contribution in [3.8, 4) is 0 Å². The van der Waals surface area contributed by atoms with E-state index in [2.05, 4.69) is 40.1 Å². The average Bonchev–Trinajstić information content (AvgIpc) is 3.13. The van der Waals surface area contributed by atoms with E-state index >= 15 is 0 Å². The molecule has 2 heterocycles. The van der Waals surface area contributed by atoms with Gasteiger partial charge in [-0.25, -0.2) is 4.68 Å². The maximum atomic E-state index is 6.60. The number of hydrogen-bond acceptors (Lipinski definition) is 4. The van der Waals surface area contributed by atoms with Crippen LogP contribution in [0.25, 0.3) is 0 Å². The van der Waals surface area contributed by atoms with E-state index in [-0.39, 0.29) is 11.1 Å². The van der Waals surface area contributed by atoms with E-state index in [0.29, 0.717) is 6.04 Å². The fourth-order valence-corrected chi connectivity index (χ4v) is 4.74. The maximum Gasteiger partial charge on any atom is 0.103 e. The smallest absolute Gasteiger partial charge is 0.103 e. The fourth-order valence-electron chi connectivity index (χ4n) is 4.74. The molecular weight excluding hydrogens is 250 g/mol. The maximum absolute atomic E-state index is 6.60. The van der Waals surface area contributed by atoms with Crippen LogP contribution in [-0.4, -0.2) is 39.0 Å². The van der Waals surface area contributed by atoms with Gasteiger partial charge in [-0.2, -0.15) is 0 Å². The van der Waals surface area contributed by atoms with Gasteiger partial charge in [0.1, 0.15) is 5.69 Å². The molecule has 2 bridgehead atoms. The summed E-state index contributed by atoms with van der Waals surface area (Å²) in [5, 5.41) is 8.94. The fraction of sp³-hybridized carbons (Fsp3) is 0.867. The second-order valence-electron chi connectivity index (χ2n) is 7.48. The van der Waals surface area contributed by atoms with Crippen molar-refractivity contribution in [2.45, 2.75) is 62.6 Å². The molecule has 2 aliphatic carbocycles. The van der Waals surface area contributed by atoms with E-state index in [1.54, 1.807) is 0 Å². The minimum Gasteiger partial charge on any atom is -0.323 e. The van der Waals surface area contributed by atoms with Crippen LogP contribution >= 0.6 is 0 Å². The second-order valence-corrected chi connectivity index (χ2v) is 7.48. The third kappa shape index (κ3) is 1.62. The highest BCUT2D eigenvalue weighted by Crippen LogP contribution is 2.52. The van der Waals surface area contributed by atoms with Gasteiger partial charge in [0.2, 0.25) is 0 Å². The van der Waals surface area contributed by atoms with Gasteiger partial charge in [0.15, 0.2) is 0 Å². The van der Waals surface area contributed by atoms with E-state index in [4.69, 9.17) is 5.73 Å². The lowest BCUT2D eigenvalue weighted by Crippen LogP contribution is -2.43. The van der Waals surface area contributed by atoms with E-state index < -0.39 is 0 Å².